The molecule has 1 aliphatic heterocycles. The summed E-state index contributed by atoms with van der Waals surface area (Å²) in [7, 11) is 0. The van der Waals surface area contributed by atoms with Gasteiger partial charge < -0.3 is 14.6 Å². The Morgan fingerprint density at radius 2 is 2.35 bits per heavy atom. The van der Waals surface area contributed by atoms with Gasteiger partial charge in [0.1, 0.15) is 5.76 Å². The molecule has 0 spiro atoms. The van der Waals surface area contributed by atoms with Gasteiger partial charge in [0.15, 0.2) is 0 Å². The molecule has 96 valence electrons. The molecule has 1 unspecified atom stereocenters. The van der Waals surface area contributed by atoms with E-state index in [4.69, 9.17) is 4.42 Å². The Morgan fingerprint density at radius 3 is 2.94 bits per heavy atom. The number of nitrogens with one attached hydrogen (secondary N) is 1. The van der Waals surface area contributed by atoms with Crippen LogP contribution in [0.15, 0.2) is 22.8 Å². The average Bonchev–Trinajstić information content (AvgIpc) is 2.87. The minimum absolute atomic E-state index is 0.306. The Labute approximate surface area is 104 Å². The van der Waals surface area contributed by atoms with E-state index in [1.165, 1.54) is 19.5 Å². The van der Waals surface area contributed by atoms with E-state index in [1.807, 2.05) is 12.1 Å². The molecule has 0 amide bonds. The molecule has 2 rings (SSSR count). The third-order valence-corrected chi connectivity index (χ3v) is 3.60. The highest BCUT2D eigenvalue weighted by Gasteiger charge is 2.28. The largest absolute Gasteiger partial charge is 0.468 e. The van der Waals surface area contributed by atoms with Crippen LogP contribution in [0.25, 0.3) is 0 Å². The van der Waals surface area contributed by atoms with Crippen LogP contribution in [0.2, 0.25) is 0 Å². The van der Waals surface area contributed by atoms with Crippen LogP contribution in [-0.4, -0.2) is 31.1 Å². The summed E-state index contributed by atoms with van der Waals surface area (Å²) < 4.78 is 5.37. The molecule has 0 aliphatic carbocycles. The molecule has 1 aliphatic rings. The van der Waals surface area contributed by atoms with Crippen molar-refractivity contribution in [3.05, 3.63) is 24.2 Å². The number of hydrogen-bond acceptors (Lipinski definition) is 3. The van der Waals surface area contributed by atoms with Crippen LogP contribution in [0.4, 0.5) is 0 Å². The average molecular weight is 236 g/mol. The summed E-state index contributed by atoms with van der Waals surface area (Å²) in [6, 6.07) is 4.27. The summed E-state index contributed by atoms with van der Waals surface area (Å²) in [6.07, 6.45) is 3.05. The number of rotatable bonds is 5. The van der Waals surface area contributed by atoms with Crippen LogP contribution < -0.4 is 5.32 Å². The van der Waals surface area contributed by atoms with E-state index < -0.39 is 0 Å². The molecule has 0 radical (unpaired) electrons. The zero-order chi connectivity index (χ0) is 12.3. The highest BCUT2D eigenvalue weighted by Crippen LogP contribution is 2.28. The molecule has 3 nitrogen and oxygen atoms in total. The Kier molecular flexibility index (Phi) is 3.89. The number of likely N-dealkylation sites (tertiary alicyclic amines) is 1. The topological polar surface area (TPSA) is 28.4 Å². The molecule has 1 saturated heterocycles. The smallest absolute Gasteiger partial charge is 0.120 e. The lowest BCUT2D eigenvalue weighted by molar-refractivity contribution is 0.284. The van der Waals surface area contributed by atoms with E-state index in [0.717, 1.165) is 18.8 Å². The van der Waals surface area contributed by atoms with Crippen molar-refractivity contribution in [2.45, 2.75) is 33.2 Å². The normalized spacial score (nSPS) is 21.8. The van der Waals surface area contributed by atoms with E-state index in [-0.39, 0.29) is 0 Å². The molecule has 0 bridgehead atoms. The van der Waals surface area contributed by atoms with Crippen LogP contribution in [0.3, 0.4) is 0 Å². The summed E-state index contributed by atoms with van der Waals surface area (Å²) in [5, 5.41) is 3.50. The molecule has 1 aromatic rings. The quantitative estimate of drug-likeness (QED) is 0.852. The first-order valence-corrected chi connectivity index (χ1v) is 6.56. The van der Waals surface area contributed by atoms with Gasteiger partial charge in [-0.3, -0.25) is 0 Å². The monoisotopic (exact) mass is 236 g/mol. The van der Waals surface area contributed by atoms with Crippen LogP contribution in [0.1, 0.15) is 39.0 Å². The lowest BCUT2D eigenvalue weighted by Crippen LogP contribution is -2.32. The fourth-order valence-electron chi connectivity index (χ4n) is 2.49. The van der Waals surface area contributed by atoms with Gasteiger partial charge in [0, 0.05) is 19.6 Å². The second kappa shape index (κ2) is 5.23. The maximum absolute atomic E-state index is 5.37. The Hall–Kier alpha value is -0.800. The first-order valence-electron chi connectivity index (χ1n) is 6.56. The van der Waals surface area contributed by atoms with Gasteiger partial charge in [-0.15, -0.1) is 0 Å². The van der Waals surface area contributed by atoms with Gasteiger partial charge in [0.25, 0.3) is 0 Å². The lowest BCUT2D eigenvalue weighted by Gasteiger charge is -2.20. The molecule has 0 aromatic carbocycles. The highest BCUT2D eigenvalue weighted by atomic mass is 16.3. The minimum atomic E-state index is 0.306. The fourth-order valence-corrected chi connectivity index (χ4v) is 2.49. The van der Waals surface area contributed by atoms with Crippen LogP contribution in [0.5, 0.6) is 0 Å². The fraction of sp³-hybridized carbons (Fsp3) is 0.714. The number of furan rings is 1. The summed E-state index contributed by atoms with van der Waals surface area (Å²) in [6.45, 7) is 11.5. The molecule has 1 N–H and O–H groups in total. The zero-order valence-corrected chi connectivity index (χ0v) is 11.2. The summed E-state index contributed by atoms with van der Waals surface area (Å²) in [4.78, 5) is 2.54. The van der Waals surface area contributed by atoms with E-state index in [1.54, 1.807) is 6.26 Å². The minimum Gasteiger partial charge on any atom is -0.468 e. The predicted molar refractivity (Wildman–Crippen MR) is 70.0 cm³/mol. The van der Waals surface area contributed by atoms with Crippen molar-refractivity contribution < 1.29 is 4.42 Å². The van der Waals surface area contributed by atoms with Gasteiger partial charge in [-0.25, -0.2) is 0 Å². The van der Waals surface area contributed by atoms with Crippen LogP contribution in [0, 0.1) is 5.41 Å². The van der Waals surface area contributed by atoms with Crippen molar-refractivity contribution in [3.8, 4) is 0 Å². The predicted octanol–water partition coefficient (Wildman–Crippen LogP) is 2.66. The van der Waals surface area contributed by atoms with Gasteiger partial charge in [-0.1, -0.05) is 13.8 Å². The van der Waals surface area contributed by atoms with E-state index in [2.05, 4.69) is 31.0 Å². The summed E-state index contributed by atoms with van der Waals surface area (Å²) in [5.41, 5.74) is 0.507. The third kappa shape index (κ3) is 3.58. The van der Waals surface area contributed by atoms with Crippen molar-refractivity contribution in [1.29, 1.82) is 0 Å². The van der Waals surface area contributed by atoms with Gasteiger partial charge >= 0.3 is 0 Å². The Bertz CT molecular complexity index is 332. The van der Waals surface area contributed by atoms with Crippen LogP contribution in [-0.2, 0) is 0 Å². The van der Waals surface area contributed by atoms with Crippen molar-refractivity contribution in [2.24, 2.45) is 5.41 Å². The van der Waals surface area contributed by atoms with Gasteiger partial charge in [-0.2, -0.15) is 0 Å². The molecule has 0 saturated carbocycles. The van der Waals surface area contributed by atoms with E-state index >= 15 is 0 Å². The molecule has 1 aromatic heterocycles. The Balaban J connectivity index is 1.67. The molecular formula is C14H24N2O. The number of nitrogens with zero attached hydrogens (tertiary/aromatic N) is 1. The Morgan fingerprint density at radius 1 is 1.53 bits per heavy atom. The lowest BCUT2D eigenvalue weighted by atomic mass is 9.93. The van der Waals surface area contributed by atoms with Gasteiger partial charge in [-0.05, 0) is 37.4 Å². The number of hydrogen-bond donors (Lipinski definition) is 1. The molecule has 2 heterocycles. The molecular weight excluding hydrogens is 212 g/mol. The highest BCUT2D eigenvalue weighted by molar-refractivity contribution is 5.02. The molecule has 1 atom stereocenters. The second-order valence-electron chi connectivity index (χ2n) is 5.88. The van der Waals surface area contributed by atoms with E-state index in [9.17, 15) is 0 Å². The first-order chi connectivity index (χ1) is 8.07. The van der Waals surface area contributed by atoms with Gasteiger partial charge in [0.05, 0.1) is 12.3 Å². The maximum Gasteiger partial charge on any atom is 0.120 e. The van der Waals surface area contributed by atoms with E-state index in [0.29, 0.717) is 11.5 Å². The SMILES string of the molecule is CC(NCCN1CCC(C)(C)C1)c1ccco1. The molecule has 17 heavy (non-hydrogen) atoms. The third-order valence-electron chi connectivity index (χ3n) is 3.60. The standard InChI is InChI=1S/C14H24N2O/c1-12(13-5-4-10-17-13)15-7-9-16-8-6-14(2,3)11-16/h4-5,10,12,15H,6-9,11H2,1-3H3. The maximum atomic E-state index is 5.37. The summed E-state index contributed by atoms with van der Waals surface area (Å²) >= 11 is 0. The van der Waals surface area contributed by atoms with Crippen molar-refractivity contribution in [3.63, 3.8) is 0 Å². The molecule has 3 heteroatoms. The van der Waals surface area contributed by atoms with Crippen LogP contribution >= 0.6 is 0 Å². The van der Waals surface area contributed by atoms with Crippen molar-refractivity contribution >= 4 is 0 Å². The first kappa shape index (κ1) is 12.7. The van der Waals surface area contributed by atoms with Gasteiger partial charge in [0.2, 0.25) is 0 Å². The summed E-state index contributed by atoms with van der Waals surface area (Å²) in [5.74, 6) is 1.02. The second-order valence-corrected chi connectivity index (χ2v) is 5.88. The van der Waals surface area contributed by atoms with Crippen molar-refractivity contribution in [2.75, 3.05) is 26.2 Å². The van der Waals surface area contributed by atoms with Crippen molar-refractivity contribution in [1.82, 2.24) is 10.2 Å². The zero-order valence-electron chi connectivity index (χ0n) is 11.2. The molecule has 1 fully saturated rings.